The molecule has 1 heterocycles. The van der Waals surface area contributed by atoms with E-state index >= 15 is 0 Å². The highest BCUT2D eigenvalue weighted by atomic mass is 32.2. The van der Waals surface area contributed by atoms with E-state index < -0.39 is 10.0 Å². The van der Waals surface area contributed by atoms with Crippen molar-refractivity contribution in [2.75, 3.05) is 17.1 Å². The molecule has 130 valence electrons. The minimum absolute atomic E-state index is 0.213. The third-order valence-corrected chi connectivity index (χ3v) is 5.24. The number of benzene rings is 1. The first-order valence-corrected chi connectivity index (χ1v) is 9.24. The molecule has 7 heteroatoms. The van der Waals surface area contributed by atoms with Gasteiger partial charge >= 0.3 is 0 Å². The van der Waals surface area contributed by atoms with E-state index in [0.29, 0.717) is 28.9 Å². The highest BCUT2D eigenvalue weighted by molar-refractivity contribution is 7.92. The Bertz CT molecular complexity index is 789. The van der Waals surface area contributed by atoms with Crippen LogP contribution in [0.4, 0.5) is 11.5 Å². The van der Waals surface area contributed by atoms with E-state index in [1.807, 2.05) is 0 Å². The highest BCUT2D eigenvalue weighted by Crippen LogP contribution is 2.23. The summed E-state index contributed by atoms with van der Waals surface area (Å²) in [5, 5.41) is 3.23. The second-order valence-electron chi connectivity index (χ2n) is 5.62. The Labute approximate surface area is 143 Å². The summed E-state index contributed by atoms with van der Waals surface area (Å²) < 4.78 is 32.7. The van der Waals surface area contributed by atoms with Gasteiger partial charge in [-0.3, -0.25) is 4.72 Å². The Morgan fingerprint density at radius 3 is 2.54 bits per heavy atom. The minimum atomic E-state index is -3.68. The topological polar surface area (TPSA) is 80.3 Å². The SMILES string of the molecule is CCC(C)Nc1ccc(NS(=O)(=O)c2ccc(OC)cc2C)cn1. The summed E-state index contributed by atoms with van der Waals surface area (Å²) in [6.07, 6.45) is 2.48. The van der Waals surface area contributed by atoms with Crippen LogP contribution in [0.1, 0.15) is 25.8 Å². The van der Waals surface area contributed by atoms with Crippen molar-refractivity contribution in [3.05, 3.63) is 42.1 Å². The molecule has 0 aliphatic heterocycles. The number of nitrogens with one attached hydrogen (secondary N) is 2. The van der Waals surface area contributed by atoms with Crippen molar-refractivity contribution in [2.45, 2.75) is 38.1 Å². The maximum Gasteiger partial charge on any atom is 0.262 e. The molecule has 0 saturated heterocycles. The average Bonchev–Trinajstić information content (AvgIpc) is 2.55. The minimum Gasteiger partial charge on any atom is -0.497 e. The molecule has 0 aliphatic carbocycles. The van der Waals surface area contributed by atoms with Crippen LogP contribution in [-0.4, -0.2) is 26.6 Å². The number of hydrogen-bond acceptors (Lipinski definition) is 5. The maximum absolute atomic E-state index is 12.5. The normalized spacial score (nSPS) is 12.5. The number of methoxy groups -OCH3 is 1. The van der Waals surface area contributed by atoms with Gasteiger partial charge in [0, 0.05) is 6.04 Å². The van der Waals surface area contributed by atoms with E-state index in [1.165, 1.54) is 12.3 Å². The summed E-state index contributed by atoms with van der Waals surface area (Å²) in [7, 11) is -2.13. The molecule has 0 aliphatic rings. The van der Waals surface area contributed by atoms with Crippen molar-refractivity contribution < 1.29 is 13.2 Å². The largest absolute Gasteiger partial charge is 0.497 e. The third kappa shape index (κ3) is 4.38. The average molecular weight is 349 g/mol. The van der Waals surface area contributed by atoms with E-state index in [-0.39, 0.29) is 4.90 Å². The first-order valence-electron chi connectivity index (χ1n) is 7.75. The Morgan fingerprint density at radius 1 is 1.25 bits per heavy atom. The Kier molecular flexibility index (Phi) is 5.66. The number of aryl methyl sites for hydroxylation is 1. The van der Waals surface area contributed by atoms with Crippen molar-refractivity contribution in [3.63, 3.8) is 0 Å². The summed E-state index contributed by atoms with van der Waals surface area (Å²) in [5.74, 6) is 1.33. The molecule has 0 bridgehead atoms. The second-order valence-corrected chi connectivity index (χ2v) is 7.27. The monoisotopic (exact) mass is 349 g/mol. The Morgan fingerprint density at radius 2 is 2.00 bits per heavy atom. The molecule has 2 N–H and O–H groups in total. The van der Waals surface area contributed by atoms with Gasteiger partial charge in [-0.05, 0) is 56.2 Å². The summed E-state index contributed by atoms with van der Waals surface area (Å²) in [6, 6.07) is 8.59. The first-order chi connectivity index (χ1) is 11.4. The first kappa shape index (κ1) is 18.1. The van der Waals surface area contributed by atoms with E-state index in [2.05, 4.69) is 28.9 Å². The van der Waals surface area contributed by atoms with Gasteiger partial charge < -0.3 is 10.1 Å². The molecule has 2 aromatic rings. The summed E-state index contributed by atoms with van der Waals surface area (Å²) >= 11 is 0. The molecule has 0 fully saturated rings. The van der Waals surface area contributed by atoms with Crippen LogP contribution in [0, 0.1) is 6.92 Å². The lowest BCUT2D eigenvalue weighted by molar-refractivity contribution is 0.414. The second kappa shape index (κ2) is 7.53. The number of ether oxygens (including phenoxy) is 1. The zero-order chi connectivity index (χ0) is 17.7. The lowest BCUT2D eigenvalue weighted by Crippen LogP contribution is -2.16. The van der Waals surface area contributed by atoms with Gasteiger partial charge in [0.15, 0.2) is 0 Å². The predicted molar refractivity (Wildman–Crippen MR) is 96.2 cm³/mol. The summed E-state index contributed by atoms with van der Waals surface area (Å²) in [4.78, 5) is 4.45. The molecule has 0 spiro atoms. The maximum atomic E-state index is 12.5. The van der Waals surface area contributed by atoms with Crippen LogP contribution in [0.25, 0.3) is 0 Å². The van der Waals surface area contributed by atoms with E-state index in [0.717, 1.165) is 6.42 Å². The molecule has 0 radical (unpaired) electrons. The molecule has 1 atom stereocenters. The van der Waals surface area contributed by atoms with Gasteiger partial charge in [0.1, 0.15) is 11.6 Å². The zero-order valence-corrected chi connectivity index (χ0v) is 15.1. The van der Waals surface area contributed by atoms with Crippen molar-refractivity contribution in [1.29, 1.82) is 0 Å². The van der Waals surface area contributed by atoms with Crippen molar-refractivity contribution in [3.8, 4) is 5.75 Å². The van der Waals surface area contributed by atoms with Gasteiger partial charge in [0.05, 0.1) is 23.9 Å². The molecule has 1 aromatic heterocycles. The van der Waals surface area contributed by atoms with Gasteiger partial charge in [-0.2, -0.15) is 0 Å². The van der Waals surface area contributed by atoms with Gasteiger partial charge in [-0.1, -0.05) is 6.92 Å². The van der Waals surface area contributed by atoms with E-state index in [9.17, 15) is 8.42 Å². The lowest BCUT2D eigenvalue weighted by Gasteiger charge is -2.13. The molecular formula is C17H23N3O3S. The smallest absolute Gasteiger partial charge is 0.262 e. The third-order valence-electron chi connectivity index (χ3n) is 3.69. The Balaban J connectivity index is 2.17. The van der Waals surface area contributed by atoms with Gasteiger partial charge in [-0.25, -0.2) is 13.4 Å². The number of hydrogen-bond donors (Lipinski definition) is 2. The number of pyridine rings is 1. The quantitative estimate of drug-likeness (QED) is 0.801. The van der Waals surface area contributed by atoms with Gasteiger partial charge in [0.25, 0.3) is 10.0 Å². The van der Waals surface area contributed by atoms with Crippen LogP contribution < -0.4 is 14.8 Å². The highest BCUT2D eigenvalue weighted by Gasteiger charge is 2.17. The molecule has 0 saturated carbocycles. The molecule has 24 heavy (non-hydrogen) atoms. The van der Waals surface area contributed by atoms with E-state index in [1.54, 1.807) is 38.3 Å². The number of rotatable bonds is 7. The Hall–Kier alpha value is -2.28. The molecule has 2 rings (SSSR count). The van der Waals surface area contributed by atoms with Gasteiger partial charge in [-0.15, -0.1) is 0 Å². The van der Waals surface area contributed by atoms with Crippen molar-refractivity contribution in [1.82, 2.24) is 4.98 Å². The van der Waals surface area contributed by atoms with Crippen LogP contribution >= 0.6 is 0 Å². The number of nitrogens with zero attached hydrogens (tertiary/aromatic N) is 1. The van der Waals surface area contributed by atoms with Crippen LogP contribution in [-0.2, 0) is 10.0 Å². The molecule has 1 aromatic carbocycles. The van der Waals surface area contributed by atoms with Crippen LogP contribution in [0.5, 0.6) is 5.75 Å². The van der Waals surface area contributed by atoms with Crippen LogP contribution in [0.2, 0.25) is 0 Å². The predicted octanol–water partition coefficient (Wildman–Crippen LogP) is 3.41. The summed E-state index contributed by atoms with van der Waals surface area (Å²) in [5.41, 5.74) is 1.03. The van der Waals surface area contributed by atoms with Crippen molar-refractivity contribution >= 4 is 21.5 Å². The lowest BCUT2D eigenvalue weighted by atomic mass is 10.2. The molecule has 1 unspecified atom stereocenters. The zero-order valence-electron chi connectivity index (χ0n) is 14.3. The fourth-order valence-electron chi connectivity index (χ4n) is 2.15. The van der Waals surface area contributed by atoms with Crippen LogP contribution in [0.3, 0.4) is 0 Å². The molecule has 0 amide bonds. The van der Waals surface area contributed by atoms with Crippen molar-refractivity contribution in [2.24, 2.45) is 0 Å². The number of anilines is 2. The summed E-state index contributed by atoms with van der Waals surface area (Å²) in [6.45, 7) is 5.87. The molecular weight excluding hydrogens is 326 g/mol. The molecule has 6 nitrogen and oxygen atoms in total. The van der Waals surface area contributed by atoms with E-state index in [4.69, 9.17) is 4.74 Å². The number of sulfonamides is 1. The fraction of sp³-hybridized carbons (Fsp3) is 0.353. The number of aromatic nitrogens is 1. The standard InChI is InChI=1S/C17H23N3O3S/c1-5-13(3)19-17-9-6-14(11-18-17)20-24(21,22)16-8-7-15(23-4)10-12(16)2/h6-11,13,20H,5H2,1-4H3,(H,18,19). The van der Waals surface area contributed by atoms with Crippen LogP contribution in [0.15, 0.2) is 41.4 Å². The fourth-order valence-corrected chi connectivity index (χ4v) is 3.43. The van der Waals surface area contributed by atoms with Gasteiger partial charge in [0.2, 0.25) is 0 Å².